The van der Waals surface area contributed by atoms with E-state index in [4.69, 9.17) is 5.26 Å². The van der Waals surface area contributed by atoms with Crippen LogP contribution in [0, 0.1) is 17.4 Å². The molecule has 0 heterocycles. The van der Waals surface area contributed by atoms with Crippen molar-refractivity contribution in [2.45, 2.75) is 62.9 Å². The molecule has 0 spiro atoms. The number of nitriles is 1. The van der Waals surface area contributed by atoms with Crippen molar-refractivity contribution in [3.8, 4) is 17.3 Å². The van der Waals surface area contributed by atoms with E-state index in [0.717, 1.165) is 23.1 Å². The lowest BCUT2D eigenvalue weighted by Gasteiger charge is -2.26. The zero-order chi connectivity index (χ0) is 26.1. The second kappa shape index (κ2) is 12.6. The summed E-state index contributed by atoms with van der Waals surface area (Å²) in [6.45, 7) is 1.03. The Morgan fingerprint density at radius 2 is 1.49 bits per heavy atom. The van der Waals surface area contributed by atoms with Crippen LogP contribution in [-0.4, -0.2) is 19.2 Å². The molecule has 1 aliphatic rings. The maximum absolute atomic E-state index is 13.3. The number of nitrogens with one attached hydrogen (secondary N) is 1. The Labute approximate surface area is 220 Å². The summed E-state index contributed by atoms with van der Waals surface area (Å²) in [5, 5.41) is 8.84. The molecular formula is C30H33N3O3S. The minimum Gasteiger partial charge on any atom is -0.334 e. The van der Waals surface area contributed by atoms with Gasteiger partial charge in [-0.3, -0.25) is 4.79 Å². The van der Waals surface area contributed by atoms with Crippen LogP contribution in [0.4, 0.5) is 0 Å². The highest BCUT2D eigenvalue weighted by Gasteiger charge is 2.20. The predicted molar refractivity (Wildman–Crippen MR) is 144 cm³/mol. The molecule has 1 saturated carbocycles. The first-order valence-electron chi connectivity index (χ1n) is 12.9. The van der Waals surface area contributed by atoms with Crippen LogP contribution in [0.15, 0.2) is 83.8 Å². The zero-order valence-electron chi connectivity index (χ0n) is 21.0. The number of carbonyl (C=O) groups excluding carboxylic acids is 1. The standard InChI is InChI=1S/C30H33N3O3S/c31-23-32-37(35,36)29-14-8-7-13-28(29)27-18-15-26(16-19-27)22-33(21-25-11-5-2-6-12-25)30(34)20-17-24-9-3-1-4-10-24/h2,5-8,11-16,18-19,24,32H,1,3-4,9-10,17,20-22H2. The molecule has 0 saturated heterocycles. The predicted octanol–water partition coefficient (Wildman–Crippen LogP) is 6.00. The number of hydrogen-bond acceptors (Lipinski definition) is 4. The maximum Gasteiger partial charge on any atom is 0.270 e. The summed E-state index contributed by atoms with van der Waals surface area (Å²) in [6, 6.07) is 24.2. The van der Waals surface area contributed by atoms with Crippen molar-refractivity contribution < 1.29 is 13.2 Å². The van der Waals surface area contributed by atoms with Gasteiger partial charge in [-0.25, -0.2) is 13.1 Å². The SMILES string of the molecule is N#CNS(=O)(=O)c1ccccc1-c1ccc(CN(Cc2ccccc2)C(=O)CCC2CCCCC2)cc1. The summed E-state index contributed by atoms with van der Waals surface area (Å²) in [4.78, 5) is 15.3. The van der Waals surface area contributed by atoms with E-state index < -0.39 is 10.0 Å². The van der Waals surface area contributed by atoms with E-state index in [2.05, 4.69) is 0 Å². The van der Waals surface area contributed by atoms with Gasteiger partial charge >= 0.3 is 0 Å². The number of amides is 1. The maximum atomic E-state index is 13.3. The van der Waals surface area contributed by atoms with Gasteiger partial charge in [0.05, 0.1) is 4.90 Å². The van der Waals surface area contributed by atoms with E-state index >= 15 is 0 Å². The number of rotatable bonds is 10. The highest BCUT2D eigenvalue weighted by atomic mass is 32.2. The first kappa shape index (κ1) is 26.4. The fourth-order valence-corrected chi connectivity index (χ4v) is 6.03. The highest BCUT2D eigenvalue weighted by Crippen LogP contribution is 2.29. The minimum absolute atomic E-state index is 0.0490. The normalized spacial score (nSPS) is 14.0. The van der Waals surface area contributed by atoms with E-state index in [1.54, 1.807) is 18.2 Å². The summed E-state index contributed by atoms with van der Waals surface area (Å²) in [5.74, 6) is 0.819. The molecule has 1 N–H and O–H groups in total. The Bertz CT molecular complexity index is 1330. The summed E-state index contributed by atoms with van der Waals surface area (Å²) in [7, 11) is -3.94. The summed E-state index contributed by atoms with van der Waals surface area (Å²) in [5.41, 5.74) is 3.30. The minimum atomic E-state index is -3.94. The van der Waals surface area contributed by atoms with Crippen LogP contribution < -0.4 is 4.72 Å². The fourth-order valence-electron chi connectivity index (χ4n) is 5.06. The molecular weight excluding hydrogens is 482 g/mol. The third-order valence-electron chi connectivity index (χ3n) is 7.06. The fraction of sp³-hybridized carbons (Fsp3) is 0.333. The third kappa shape index (κ3) is 7.21. The van der Waals surface area contributed by atoms with Crippen LogP contribution in [-0.2, 0) is 27.9 Å². The van der Waals surface area contributed by atoms with E-state index in [-0.39, 0.29) is 10.8 Å². The molecule has 0 unspecified atom stereocenters. The molecule has 4 rings (SSSR count). The molecule has 0 aliphatic heterocycles. The summed E-state index contributed by atoms with van der Waals surface area (Å²) < 4.78 is 26.9. The lowest BCUT2D eigenvalue weighted by molar-refractivity contribution is -0.132. The number of carbonyl (C=O) groups is 1. The molecule has 192 valence electrons. The van der Waals surface area contributed by atoms with E-state index in [1.165, 1.54) is 44.4 Å². The van der Waals surface area contributed by atoms with Crippen LogP contribution >= 0.6 is 0 Å². The Kier molecular flexibility index (Phi) is 8.97. The Morgan fingerprint density at radius 1 is 0.865 bits per heavy atom. The second-order valence-corrected chi connectivity index (χ2v) is 11.3. The monoisotopic (exact) mass is 515 g/mol. The topological polar surface area (TPSA) is 90.3 Å². The number of benzene rings is 3. The van der Waals surface area contributed by atoms with Gasteiger partial charge in [0, 0.05) is 25.1 Å². The average molecular weight is 516 g/mol. The first-order chi connectivity index (χ1) is 18.0. The van der Waals surface area contributed by atoms with Gasteiger partial charge in [-0.05, 0) is 35.1 Å². The van der Waals surface area contributed by atoms with Gasteiger partial charge in [0.25, 0.3) is 10.0 Å². The third-order valence-corrected chi connectivity index (χ3v) is 8.35. The Balaban J connectivity index is 1.51. The van der Waals surface area contributed by atoms with E-state index in [0.29, 0.717) is 31.0 Å². The lowest BCUT2D eigenvalue weighted by atomic mass is 9.86. The smallest absolute Gasteiger partial charge is 0.270 e. The molecule has 3 aromatic rings. The van der Waals surface area contributed by atoms with Gasteiger partial charge in [-0.1, -0.05) is 105 Å². The number of nitrogens with zero attached hydrogens (tertiary/aromatic N) is 2. The summed E-state index contributed by atoms with van der Waals surface area (Å²) >= 11 is 0. The van der Waals surface area contributed by atoms with Crippen molar-refractivity contribution in [2.75, 3.05) is 0 Å². The zero-order valence-corrected chi connectivity index (χ0v) is 21.8. The number of sulfonamides is 1. The molecule has 3 aromatic carbocycles. The van der Waals surface area contributed by atoms with Crippen molar-refractivity contribution in [3.05, 3.63) is 90.0 Å². The van der Waals surface area contributed by atoms with Gasteiger partial charge in [-0.15, -0.1) is 0 Å². The molecule has 0 atom stereocenters. The largest absolute Gasteiger partial charge is 0.334 e. The first-order valence-corrected chi connectivity index (χ1v) is 14.4. The second-order valence-electron chi connectivity index (χ2n) is 9.69. The van der Waals surface area contributed by atoms with Crippen LogP contribution in [0.2, 0.25) is 0 Å². The molecule has 1 amide bonds. The van der Waals surface area contributed by atoms with Crippen LogP contribution in [0.5, 0.6) is 0 Å². The average Bonchev–Trinajstić information content (AvgIpc) is 2.93. The molecule has 0 radical (unpaired) electrons. The molecule has 0 aromatic heterocycles. The van der Waals surface area contributed by atoms with Crippen molar-refractivity contribution in [1.29, 1.82) is 5.26 Å². The molecule has 6 nitrogen and oxygen atoms in total. The Morgan fingerprint density at radius 3 is 2.16 bits per heavy atom. The van der Waals surface area contributed by atoms with Crippen molar-refractivity contribution >= 4 is 15.9 Å². The van der Waals surface area contributed by atoms with E-state index in [1.807, 2.05) is 64.2 Å². The molecule has 0 bridgehead atoms. The summed E-state index contributed by atoms with van der Waals surface area (Å²) in [6.07, 6.45) is 9.33. The molecule has 1 fully saturated rings. The highest BCUT2D eigenvalue weighted by molar-refractivity contribution is 7.89. The van der Waals surface area contributed by atoms with Gasteiger partial charge in [0.2, 0.25) is 5.91 Å². The molecule has 37 heavy (non-hydrogen) atoms. The molecule has 7 heteroatoms. The van der Waals surface area contributed by atoms with Crippen molar-refractivity contribution in [1.82, 2.24) is 9.62 Å². The van der Waals surface area contributed by atoms with Gasteiger partial charge in [0.1, 0.15) is 0 Å². The van der Waals surface area contributed by atoms with E-state index in [9.17, 15) is 13.2 Å². The van der Waals surface area contributed by atoms with Crippen LogP contribution in [0.25, 0.3) is 11.1 Å². The van der Waals surface area contributed by atoms with Crippen molar-refractivity contribution in [3.63, 3.8) is 0 Å². The van der Waals surface area contributed by atoms with Crippen LogP contribution in [0.3, 0.4) is 0 Å². The van der Waals surface area contributed by atoms with Crippen LogP contribution in [0.1, 0.15) is 56.1 Å². The molecule has 1 aliphatic carbocycles. The van der Waals surface area contributed by atoms with Crippen molar-refractivity contribution in [2.24, 2.45) is 5.92 Å². The quantitative estimate of drug-likeness (QED) is 0.265. The Hall–Kier alpha value is -3.63. The van der Waals surface area contributed by atoms with Gasteiger partial charge < -0.3 is 4.90 Å². The number of hydrogen-bond donors (Lipinski definition) is 1. The lowest BCUT2D eigenvalue weighted by Crippen LogP contribution is -2.30. The van der Waals surface area contributed by atoms with Gasteiger partial charge in [-0.2, -0.15) is 5.26 Å². The van der Waals surface area contributed by atoms with Gasteiger partial charge in [0.15, 0.2) is 6.19 Å².